The van der Waals surface area contributed by atoms with Crippen molar-refractivity contribution in [2.24, 2.45) is 0 Å². The van der Waals surface area contributed by atoms with Crippen molar-refractivity contribution in [1.82, 2.24) is 4.31 Å². The Kier molecular flexibility index (Phi) is 7.85. The Morgan fingerprint density at radius 1 is 1.00 bits per heavy atom. The standard InChI is InChI=1S/C22H28N2O5S2/c1-16(30-18-9-12-20(28-2)21(15-18)29-3)22(25)23-17-7-10-19(11-8-17)31(26,27)24-13-5-4-6-14-24/h7-12,15-16H,4-6,13-14H2,1-3H3,(H,23,25)/t16-/m1/s1. The molecule has 1 amide bonds. The Morgan fingerprint density at radius 2 is 1.65 bits per heavy atom. The quantitative estimate of drug-likeness (QED) is 0.595. The number of anilines is 1. The van der Waals surface area contributed by atoms with Gasteiger partial charge in [-0.3, -0.25) is 4.79 Å². The lowest BCUT2D eigenvalue weighted by Gasteiger charge is -2.25. The molecule has 0 bridgehead atoms. The van der Waals surface area contributed by atoms with Gasteiger partial charge in [-0.05, 0) is 62.2 Å². The number of nitrogens with one attached hydrogen (secondary N) is 1. The number of rotatable bonds is 8. The minimum Gasteiger partial charge on any atom is -0.493 e. The van der Waals surface area contributed by atoms with E-state index in [0.717, 1.165) is 24.2 Å². The molecule has 0 radical (unpaired) electrons. The largest absolute Gasteiger partial charge is 0.493 e. The zero-order valence-electron chi connectivity index (χ0n) is 18.0. The molecule has 2 aromatic rings. The van der Waals surface area contributed by atoms with Crippen LogP contribution in [-0.4, -0.2) is 51.2 Å². The summed E-state index contributed by atoms with van der Waals surface area (Å²) in [6, 6.07) is 11.8. The highest BCUT2D eigenvalue weighted by Crippen LogP contribution is 2.33. The van der Waals surface area contributed by atoms with Crippen LogP contribution in [0.25, 0.3) is 0 Å². The van der Waals surface area contributed by atoms with Crippen LogP contribution >= 0.6 is 11.8 Å². The molecule has 31 heavy (non-hydrogen) atoms. The second-order valence-electron chi connectivity index (χ2n) is 7.26. The molecule has 1 heterocycles. The predicted octanol–water partition coefficient (Wildman–Crippen LogP) is 4.00. The van der Waals surface area contributed by atoms with Gasteiger partial charge in [0.05, 0.1) is 24.4 Å². The van der Waals surface area contributed by atoms with Gasteiger partial charge in [0.15, 0.2) is 11.5 Å². The first-order valence-electron chi connectivity index (χ1n) is 10.1. The summed E-state index contributed by atoms with van der Waals surface area (Å²) >= 11 is 1.40. The van der Waals surface area contributed by atoms with Crippen molar-refractivity contribution in [3.63, 3.8) is 0 Å². The number of nitrogens with zero attached hydrogens (tertiary/aromatic N) is 1. The molecule has 0 aromatic heterocycles. The van der Waals surface area contributed by atoms with Crippen molar-refractivity contribution in [2.45, 2.75) is 41.2 Å². The maximum Gasteiger partial charge on any atom is 0.243 e. The highest BCUT2D eigenvalue weighted by Gasteiger charge is 2.26. The van der Waals surface area contributed by atoms with E-state index >= 15 is 0 Å². The fourth-order valence-corrected chi connectivity index (χ4v) is 5.77. The summed E-state index contributed by atoms with van der Waals surface area (Å²) in [6.07, 6.45) is 2.85. The zero-order valence-corrected chi connectivity index (χ0v) is 19.6. The number of sulfonamides is 1. The SMILES string of the molecule is COc1ccc(S[C@H](C)C(=O)Nc2ccc(S(=O)(=O)N3CCCCC3)cc2)cc1OC. The van der Waals surface area contributed by atoms with E-state index in [0.29, 0.717) is 30.3 Å². The monoisotopic (exact) mass is 464 g/mol. The fourth-order valence-electron chi connectivity index (χ4n) is 3.36. The molecule has 0 spiro atoms. The molecule has 0 unspecified atom stereocenters. The molecule has 1 fully saturated rings. The van der Waals surface area contributed by atoms with Gasteiger partial charge in [-0.15, -0.1) is 11.8 Å². The molecule has 0 aliphatic carbocycles. The first-order valence-corrected chi connectivity index (χ1v) is 12.5. The molecule has 1 aliphatic rings. The van der Waals surface area contributed by atoms with Crippen LogP contribution in [0.15, 0.2) is 52.3 Å². The third kappa shape index (κ3) is 5.72. The first kappa shape index (κ1) is 23.4. The average molecular weight is 465 g/mol. The molecule has 1 saturated heterocycles. The Balaban J connectivity index is 1.62. The number of carbonyl (C=O) groups is 1. The number of piperidine rings is 1. The highest BCUT2D eigenvalue weighted by molar-refractivity contribution is 8.00. The van der Waals surface area contributed by atoms with E-state index in [1.807, 2.05) is 19.1 Å². The molecular weight excluding hydrogens is 436 g/mol. The molecule has 1 N–H and O–H groups in total. The van der Waals surface area contributed by atoms with Crippen molar-refractivity contribution in [2.75, 3.05) is 32.6 Å². The Labute approximate surface area is 188 Å². The number of benzene rings is 2. The lowest BCUT2D eigenvalue weighted by molar-refractivity contribution is -0.115. The third-order valence-corrected chi connectivity index (χ3v) is 8.12. The van der Waals surface area contributed by atoms with Crippen molar-refractivity contribution >= 4 is 33.4 Å². The lowest BCUT2D eigenvalue weighted by atomic mass is 10.2. The molecule has 1 atom stereocenters. The van der Waals surface area contributed by atoms with Crippen LogP contribution in [0.1, 0.15) is 26.2 Å². The minimum absolute atomic E-state index is 0.175. The van der Waals surface area contributed by atoms with Gasteiger partial charge in [0.1, 0.15) is 0 Å². The van der Waals surface area contributed by atoms with E-state index < -0.39 is 10.0 Å². The van der Waals surface area contributed by atoms with Gasteiger partial charge in [0.25, 0.3) is 0 Å². The van der Waals surface area contributed by atoms with Crippen LogP contribution in [0.5, 0.6) is 11.5 Å². The summed E-state index contributed by atoms with van der Waals surface area (Å²) in [5.74, 6) is 1.06. The molecule has 168 valence electrons. The lowest BCUT2D eigenvalue weighted by Crippen LogP contribution is -2.35. The van der Waals surface area contributed by atoms with E-state index in [1.165, 1.54) is 16.1 Å². The number of amides is 1. The van der Waals surface area contributed by atoms with Gasteiger partial charge in [0.2, 0.25) is 15.9 Å². The zero-order chi connectivity index (χ0) is 22.4. The minimum atomic E-state index is -3.48. The highest BCUT2D eigenvalue weighted by atomic mass is 32.2. The number of hydrogen-bond donors (Lipinski definition) is 1. The summed E-state index contributed by atoms with van der Waals surface area (Å²) in [5.41, 5.74) is 0.558. The van der Waals surface area contributed by atoms with Crippen molar-refractivity contribution in [3.05, 3.63) is 42.5 Å². The van der Waals surface area contributed by atoms with E-state index in [4.69, 9.17) is 9.47 Å². The van der Waals surface area contributed by atoms with Crippen molar-refractivity contribution in [1.29, 1.82) is 0 Å². The molecule has 3 rings (SSSR count). The van der Waals surface area contributed by atoms with Crippen LogP contribution in [-0.2, 0) is 14.8 Å². The van der Waals surface area contributed by atoms with Crippen LogP contribution < -0.4 is 14.8 Å². The van der Waals surface area contributed by atoms with Crippen LogP contribution in [0.2, 0.25) is 0 Å². The number of carbonyl (C=O) groups excluding carboxylic acids is 1. The van der Waals surface area contributed by atoms with Gasteiger partial charge in [-0.2, -0.15) is 4.31 Å². The summed E-state index contributed by atoms with van der Waals surface area (Å²) in [6.45, 7) is 2.93. The molecular formula is C22H28N2O5S2. The van der Waals surface area contributed by atoms with E-state index in [-0.39, 0.29) is 16.1 Å². The molecule has 2 aromatic carbocycles. The summed E-state index contributed by atoms with van der Waals surface area (Å²) in [7, 11) is -0.342. The van der Waals surface area contributed by atoms with E-state index in [1.54, 1.807) is 44.6 Å². The molecule has 7 nitrogen and oxygen atoms in total. The number of hydrogen-bond acceptors (Lipinski definition) is 6. The second-order valence-corrected chi connectivity index (χ2v) is 10.6. The van der Waals surface area contributed by atoms with Crippen molar-refractivity contribution in [3.8, 4) is 11.5 Å². The van der Waals surface area contributed by atoms with E-state index in [9.17, 15) is 13.2 Å². The van der Waals surface area contributed by atoms with Gasteiger partial charge in [-0.25, -0.2) is 8.42 Å². The molecule has 0 saturated carbocycles. The van der Waals surface area contributed by atoms with Gasteiger partial charge in [0, 0.05) is 23.7 Å². The normalized spacial score (nSPS) is 15.8. The number of ether oxygens (including phenoxy) is 2. The Bertz CT molecular complexity index is 1000. The van der Waals surface area contributed by atoms with Gasteiger partial charge < -0.3 is 14.8 Å². The van der Waals surface area contributed by atoms with Crippen LogP contribution in [0, 0.1) is 0 Å². The maximum atomic E-state index is 12.7. The average Bonchev–Trinajstić information content (AvgIpc) is 2.79. The van der Waals surface area contributed by atoms with Gasteiger partial charge >= 0.3 is 0 Å². The summed E-state index contributed by atoms with van der Waals surface area (Å²) in [4.78, 5) is 13.7. The smallest absolute Gasteiger partial charge is 0.243 e. The maximum absolute atomic E-state index is 12.7. The number of thioether (sulfide) groups is 1. The van der Waals surface area contributed by atoms with E-state index in [2.05, 4.69) is 5.32 Å². The predicted molar refractivity (Wildman–Crippen MR) is 123 cm³/mol. The first-order chi connectivity index (χ1) is 14.8. The molecule has 1 aliphatic heterocycles. The van der Waals surface area contributed by atoms with Crippen LogP contribution in [0.4, 0.5) is 5.69 Å². The number of methoxy groups -OCH3 is 2. The summed E-state index contributed by atoms with van der Waals surface area (Å²) in [5, 5.41) is 2.48. The Morgan fingerprint density at radius 3 is 2.26 bits per heavy atom. The Hall–Kier alpha value is -2.23. The third-order valence-electron chi connectivity index (χ3n) is 5.11. The van der Waals surface area contributed by atoms with Gasteiger partial charge in [-0.1, -0.05) is 6.42 Å². The second kappa shape index (κ2) is 10.4. The van der Waals surface area contributed by atoms with Crippen molar-refractivity contribution < 1.29 is 22.7 Å². The topological polar surface area (TPSA) is 84.9 Å². The summed E-state index contributed by atoms with van der Waals surface area (Å²) < 4.78 is 37.6. The fraction of sp³-hybridized carbons (Fsp3) is 0.409. The molecule has 9 heteroatoms. The van der Waals surface area contributed by atoms with Crippen LogP contribution in [0.3, 0.4) is 0 Å².